The van der Waals surface area contributed by atoms with Gasteiger partial charge in [0.15, 0.2) is 0 Å². The minimum absolute atomic E-state index is 0. The molecule has 4 aliphatic rings. The topological polar surface area (TPSA) is 0 Å². The molecule has 0 atom stereocenters. The Morgan fingerprint density at radius 1 is 0.783 bits per heavy atom. The third-order valence-corrected chi connectivity index (χ3v) is 8.60. The Morgan fingerprint density at radius 2 is 1.33 bits per heavy atom. The second-order valence-corrected chi connectivity index (χ2v) is 13.8. The Morgan fingerprint density at radius 3 is 1.76 bits per heavy atom. The van der Waals surface area contributed by atoms with Crippen molar-refractivity contribution < 1.29 is 24.2 Å². The predicted octanol–water partition coefficient (Wildman–Crippen LogP) is 12.3. The Kier molecular flexibility index (Phi) is 15.9. The molecule has 0 saturated carbocycles. The van der Waals surface area contributed by atoms with Gasteiger partial charge in [-0.1, -0.05) is 84.4 Å². The summed E-state index contributed by atoms with van der Waals surface area (Å²) in [4.78, 5) is 0. The SMILES string of the molecule is CC(C)(C)C1=CC[C-]=C1.CC1=[C-]C(C)(C)c2cc3c(cc21)-c1cc2c(cc1C3)C(C)(C)C=C2C.Cl.Cl.[CH2-]C.[CH2]=[Zr].[c-]1ccccc1. The predicted molar refractivity (Wildman–Crippen MR) is 205 cm³/mol. The molecule has 3 heteroatoms. The fourth-order valence-corrected chi connectivity index (χ4v) is 6.54. The van der Waals surface area contributed by atoms with Crippen molar-refractivity contribution >= 4 is 40.2 Å². The zero-order chi connectivity index (χ0) is 32.9. The smallest absolute Gasteiger partial charge is 0.171 e. The third-order valence-electron chi connectivity index (χ3n) is 8.60. The molecular formula is C43H52Cl2Zr-4. The summed E-state index contributed by atoms with van der Waals surface area (Å²) in [5.41, 5.74) is 16.3. The first kappa shape index (κ1) is 42.0. The van der Waals surface area contributed by atoms with E-state index in [0.29, 0.717) is 5.41 Å². The maximum atomic E-state index is 3.65. The first-order chi connectivity index (χ1) is 20.8. The van der Waals surface area contributed by atoms with E-state index in [1.54, 1.807) is 6.92 Å². The summed E-state index contributed by atoms with van der Waals surface area (Å²) in [5.74, 6) is 0. The molecule has 0 nitrogen and oxygen atoms in total. The zero-order valence-electron chi connectivity index (χ0n) is 29.6. The normalized spacial score (nSPS) is 16.0. The van der Waals surface area contributed by atoms with Crippen LogP contribution in [-0.4, -0.2) is 4.21 Å². The maximum absolute atomic E-state index is 3.65. The van der Waals surface area contributed by atoms with Crippen LogP contribution < -0.4 is 0 Å². The van der Waals surface area contributed by atoms with Gasteiger partial charge in [-0.2, -0.15) is 60.5 Å². The van der Waals surface area contributed by atoms with Crippen molar-refractivity contribution in [2.45, 2.75) is 92.9 Å². The van der Waals surface area contributed by atoms with Crippen LogP contribution in [0.25, 0.3) is 22.3 Å². The maximum Gasteiger partial charge on any atom is -0.171 e. The van der Waals surface area contributed by atoms with Crippen molar-refractivity contribution in [2.24, 2.45) is 5.41 Å². The molecule has 0 aromatic heterocycles. The van der Waals surface area contributed by atoms with E-state index in [2.05, 4.69) is 134 Å². The van der Waals surface area contributed by atoms with Crippen molar-refractivity contribution in [1.82, 2.24) is 0 Å². The first-order valence-electron chi connectivity index (χ1n) is 15.7. The molecule has 46 heavy (non-hydrogen) atoms. The summed E-state index contributed by atoms with van der Waals surface area (Å²) in [6.07, 6.45) is 15.6. The van der Waals surface area contributed by atoms with Gasteiger partial charge in [-0.15, -0.1) is 42.9 Å². The summed E-state index contributed by atoms with van der Waals surface area (Å²) in [7, 11) is 0. The Bertz CT molecular complexity index is 1480. The van der Waals surface area contributed by atoms with E-state index in [0.717, 1.165) is 12.8 Å². The average molecular weight is 731 g/mol. The van der Waals surface area contributed by atoms with E-state index < -0.39 is 0 Å². The van der Waals surface area contributed by atoms with Gasteiger partial charge in [0.05, 0.1) is 0 Å². The van der Waals surface area contributed by atoms with Crippen LogP contribution in [-0.2, 0) is 41.5 Å². The summed E-state index contributed by atoms with van der Waals surface area (Å²) in [6, 6.07) is 22.3. The van der Waals surface area contributed by atoms with Gasteiger partial charge in [-0.25, -0.2) is 11.6 Å². The van der Waals surface area contributed by atoms with Crippen LogP contribution in [0.2, 0.25) is 0 Å². The van der Waals surface area contributed by atoms with E-state index >= 15 is 0 Å². The van der Waals surface area contributed by atoms with Gasteiger partial charge in [0.1, 0.15) is 0 Å². The Balaban J connectivity index is 0.000000419. The van der Waals surface area contributed by atoms with Crippen molar-refractivity contribution in [3.05, 3.63) is 137 Å². The Hall–Kier alpha value is -2.05. The third kappa shape index (κ3) is 9.31. The number of benzene rings is 3. The molecule has 0 saturated heterocycles. The van der Waals surface area contributed by atoms with Gasteiger partial charge in [-0.05, 0) is 58.4 Å². The van der Waals surface area contributed by atoms with Crippen LogP contribution in [0.3, 0.4) is 0 Å². The standard InChI is InChI=1S/C25H25.C9H13.C6H5.C2H5.CH2.2ClH.Zr/c1-14-12-24(3,4)22-8-16-7-17-9-23-19(15(2)13-25(23,5)6)11-21(17)20(16)10-18(14)22;1-9(2,3)8-6-4-5-7-8;1-2-4-6-5-3-1;1-2;;;;/h8-12H,7H2,1-6H3;6-7H,4H2,1-3H3;1-5H;1H2,2H3;1H2;2*1H;/q4*-1;;;;. The number of halogens is 2. The molecule has 0 aliphatic heterocycles. The molecule has 0 heterocycles. The molecule has 0 bridgehead atoms. The van der Waals surface area contributed by atoms with Gasteiger partial charge in [0, 0.05) is 5.41 Å². The molecule has 0 N–H and O–H groups in total. The van der Waals surface area contributed by atoms with E-state index in [-0.39, 0.29) is 35.6 Å². The fourth-order valence-electron chi connectivity index (χ4n) is 6.54. The monoisotopic (exact) mass is 728 g/mol. The molecule has 0 unspecified atom stereocenters. The molecule has 0 fully saturated rings. The van der Waals surface area contributed by atoms with Crippen molar-refractivity contribution in [3.63, 3.8) is 0 Å². The number of hydrogen-bond donors (Lipinski definition) is 0. The molecule has 246 valence electrons. The molecule has 4 aliphatic carbocycles. The molecule has 7 rings (SSSR count). The van der Waals surface area contributed by atoms with Gasteiger partial charge in [0.2, 0.25) is 0 Å². The molecule has 3 aromatic rings. The molecule has 0 radical (unpaired) electrons. The van der Waals surface area contributed by atoms with Crippen LogP contribution in [0.1, 0.15) is 109 Å². The molecule has 0 spiro atoms. The second kappa shape index (κ2) is 17.4. The summed E-state index contributed by atoms with van der Waals surface area (Å²) >= 11 is 1.30. The summed E-state index contributed by atoms with van der Waals surface area (Å²) in [6.45, 7) is 25.4. The number of fused-ring (bicyclic) bond motifs is 5. The number of rotatable bonds is 0. The van der Waals surface area contributed by atoms with E-state index in [1.165, 1.54) is 85.5 Å². The van der Waals surface area contributed by atoms with E-state index in [4.69, 9.17) is 0 Å². The molecule has 3 aromatic carbocycles. The molecule has 0 amide bonds. The van der Waals surface area contributed by atoms with Crippen molar-refractivity contribution in [3.8, 4) is 11.1 Å². The van der Waals surface area contributed by atoms with Crippen LogP contribution in [0.15, 0.2) is 78.4 Å². The van der Waals surface area contributed by atoms with E-state index in [1.807, 2.05) is 30.3 Å². The summed E-state index contributed by atoms with van der Waals surface area (Å²) < 4.78 is 3.34. The van der Waals surface area contributed by atoms with Crippen LogP contribution in [0.4, 0.5) is 0 Å². The quantitative estimate of drug-likeness (QED) is 0.158. The summed E-state index contributed by atoms with van der Waals surface area (Å²) in [5, 5.41) is 0. The average Bonchev–Trinajstić information content (AvgIpc) is 3.75. The van der Waals surface area contributed by atoms with Gasteiger partial charge in [-0.3, -0.25) is 12.2 Å². The van der Waals surface area contributed by atoms with Gasteiger partial charge >= 0.3 is 28.4 Å². The Labute approximate surface area is 308 Å². The number of hydrogen-bond acceptors (Lipinski definition) is 0. The van der Waals surface area contributed by atoms with Gasteiger partial charge < -0.3 is 6.92 Å². The van der Waals surface area contributed by atoms with Crippen LogP contribution in [0.5, 0.6) is 0 Å². The van der Waals surface area contributed by atoms with Crippen molar-refractivity contribution in [1.29, 1.82) is 0 Å². The van der Waals surface area contributed by atoms with Crippen molar-refractivity contribution in [2.75, 3.05) is 0 Å². The van der Waals surface area contributed by atoms with Crippen LogP contribution in [0, 0.1) is 30.6 Å². The molecular weight excluding hydrogens is 679 g/mol. The minimum atomic E-state index is 0. The minimum Gasteiger partial charge on any atom is -0.184 e. The van der Waals surface area contributed by atoms with Crippen LogP contribution >= 0.6 is 24.8 Å². The second-order valence-electron chi connectivity index (χ2n) is 13.8. The zero-order valence-corrected chi connectivity index (χ0v) is 33.7. The first-order valence-corrected chi connectivity index (χ1v) is 17.4. The number of allylic oxidation sites excluding steroid dienone is 8. The fraction of sp³-hybridized carbons (Fsp3) is 0.349. The van der Waals surface area contributed by atoms with E-state index in [9.17, 15) is 0 Å². The van der Waals surface area contributed by atoms with Gasteiger partial charge in [0.25, 0.3) is 0 Å². The largest absolute Gasteiger partial charge is 0.184 e.